The van der Waals surface area contributed by atoms with E-state index in [1.807, 2.05) is 11.9 Å². The maximum absolute atomic E-state index is 12.7. The number of hydrogen-bond acceptors (Lipinski definition) is 4. The second kappa shape index (κ2) is 9.40. The number of anilines is 1. The van der Waals surface area contributed by atoms with Crippen molar-refractivity contribution in [2.45, 2.75) is 12.8 Å². The van der Waals surface area contributed by atoms with E-state index in [2.05, 4.69) is 10.6 Å². The molecule has 0 spiro atoms. The number of amides is 2. The minimum atomic E-state index is -0.331. The van der Waals surface area contributed by atoms with Crippen molar-refractivity contribution < 1.29 is 14.0 Å². The molecular weight excluding hydrogens is 354 g/mol. The first kappa shape index (κ1) is 20.0. The van der Waals surface area contributed by atoms with Gasteiger partial charge in [-0.3, -0.25) is 9.59 Å². The molecule has 1 aromatic carbocycles. The van der Waals surface area contributed by atoms with Gasteiger partial charge in [0.05, 0.1) is 6.26 Å². The van der Waals surface area contributed by atoms with Gasteiger partial charge in [-0.05, 0) is 62.7 Å². The number of piperidine rings is 1. The van der Waals surface area contributed by atoms with Crippen molar-refractivity contribution >= 4 is 29.9 Å². The number of nitrogens with zero attached hydrogens (tertiary/aromatic N) is 1. The number of nitrogens with one attached hydrogen (secondary N) is 2. The number of rotatable bonds is 5. The van der Waals surface area contributed by atoms with Crippen molar-refractivity contribution in [2.24, 2.45) is 5.92 Å². The molecule has 2 aromatic rings. The number of furan rings is 1. The van der Waals surface area contributed by atoms with Crippen molar-refractivity contribution in [1.82, 2.24) is 10.2 Å². The van der Waals surface area contributed by atoms with E-state index in [1.54, 1.807) is 36.4 Å². The van der Waals surface area contributed by atoms with Gasteiger partial charge in [-0.25, -0.2) is 0 Å². The highest BCUT2D eigenvalue weighted by Crippen LogP contribution is 2.20. The third-order valence-corrected chi connectivity index (χ3v) is 4.51. The number of carbonyl (C=O) groups is 2. The standard InChI is InChI=1S/C19H23N3O3.ClH/c1-20-13-14-7-9-22(10-8-14)19(24)15-4-2-5-16(12-15)21-18(23)17-6-3-11-25-17;/h2-6,11-12,14,20H,7-10,13H2,1H3,(H,21,23);1H. The Morgan fingerprint density at radius 1 is 1.19 bits per heavy atom. The zero-order valence-electron chi connectivity index (χ0n) is 14.7. The van der Waals surface area contributed by atoms with E-state index in [0.29, 0.717) is 17.2 Å². The number of hydrogen-bond donors (Lipinski definition) is 2. The maximum Gasteiger partial charge on any atom is 0.291 e. The van der Waals surface area contributed by atoms with Crippen LogP contribution in [0.25, 0.3) is 0 Å². The van der Waals surface area contributed by atoms with Gasteiger partial charge in [-0.2, -0.15) is 0 Å². The summed E-state index contributed by atoms with van der Waals surface area (Å²) in [5.41, 5.74) is 1.17. The molecule has 0 bridgehead atoms. The predicted molar refractivity (Wildman–Crippen MR) is 103 cm³/mol. The van der Waals surface area contributed by atoms with Gasteiger partial charge in [0.1, 0.15) is 0 Å². The number of halogens is 1. The van der Waals surface area contributed by atoms with Crippen molar-refractivity contribution in [3.63, 3.8) is 0 Å². The monoisotopic (exact) mass is 377 g/mol. The third-order valence-electron chi connectivity index (χ3n) is 4.51. The Kier molecular flexibility index (Phi) is 7.24. The Bertz CT molecular complexity index is 725. The summed E-state index contributed by atoms with van der Waals surface area (Å²) in [4.78, 5) is 26.6. The molecule has 1 saturated heterocycles. The first-order valence-electron chi connectivity index (χ1n) is 8.56. The summed E-state index contributed by atoms with van der Waals surface area (Å²) in [6, 6.07) is 10.3. The molecule has 1 aliphatic rings. The maximum atomic E-state index is 12.7. The largest absolute Gasteiger partial charge is 0.459 e. The van der Waals surface area contributed by atoms with Crippen LogP contribution >= 0.6 is 12.4 Å². The van der Waals surface area contributed by atoms with Crippen LogP contribution in [0.3, 0.4) is 0 Å². The molecule has 0 atom stereocenters. The average Bonchev–Trinajstić information content (AvgIpc) is 3.17. The quantitative estimate of drug-likeness (QED) is 0.839. The summed E-state index contributed by atoms with van der Waals surface area (Å²) in [6.45, 7) is 2.54. The predicted octanol–water partition coefficient (Wildman–Crippen LogP) is 3.03. The molecule has 7 heteroatoms. The Morgan fingerprint density at radius 3 is 2.62 bits per heavy atom. The van der Waals surface area contributed by atoms with Crippen LogP contribution in [-0.2, 0) is 0 Å². The lowest BCUT2D eigenvalue weighted by Crippen LogP contribution is -2.40. The molecule has 6 nitrogen and oxygen atoms in total. The van der Waals surface area contributed by atoms with Crippen molar-refractivity contribution in [3.05, 3.63) is 54.0 Å². The Hall–Kier alpha value is -2.31. The zero-order chi connectivity index (χ0) is 17.6. The van der Waals surface area contributed by atoms with E-state index in [0.717, 1.165) is 32.5 Å². The van der Waals surface area contributed by atoms with Crippen LogP contribution in [0.5, 0.6) is 0 Å². The number of benzene rings is 1. The summed E-state index contributed by atoms with van der Waals surface area (Å²) in [5, 5.41) is 5.95. The fraction of sp³-hybridized carbons (Fsp3) is 0.368. The van der Waals surface area contributed by atoms with Crippen molar-refractivity contribution in [2.75, 3.05) is 32.0 Å². The molecule has 0 aliphatic carbocycles. The molecule has 0 saturated carbocycles. The van der Waals surface area contributed by atoms with Crippen LogP contribution in [0.15, 0.2) is 47.1 Å². The minimum Gasteiger partial charge on any atom is -0.459 e. The van der Waals surface area contributed by atoms with Gasteiger partial charge in [-0.15, -0.1) is 12.4 Å². The minimum absolute atomic E-state index is 0. The Labute approximate surface area is 159 Å². The van der Waals surface area contributed by atoms with E-state index >= 15 is 0 Å². The van der Waals surface area contributed by atoms with Crippen LogP contribution < -0.4 is 10.6 Å². The van der Waals surface area contributed by atoms with Crippen LogP contribution in [0.4, 0.5) is 5.69 Å². The van der Waals surface area contributed by atoms with Gasteiger partial charge in [-0.1, -0.05) is 6.07 Å². The summed E-state index contributed by atoms with van der Waals surface area (Å²) in [5.74, 6) is 0.552. The summed E-state index contributed by atoms with van der Waals surface area (Å²) >= 11 is 0. The van der Waals surface area contributed by atoms with E-state index in [1.165, 1.54) is 6.26 Å². The molecule has 3 rings (SSSR count). The number of likely N-dealkylation sites (tertiary alicyclic amines) is 1. The van der Waals surface area contributed by atoms with Gasteiger partial charge in [0.2, 0.25) is 0 Å². The lowest BCUT2D eigenvalue weighted by atomic mass is 9.96. The Balaban J connectivity index is 0.00000243. The molecule has 0 unspecified atom stereocenters. The highest BCUT2D eigenvalue weighted by molar-refractivity contribution is 6.03. The first-order chi connectivity index (χ1) is 12.2. The van der Waals surface area contributed by atoms with E-state index < -0.39 is 0 Å². The fourth-order valence-corrected chi connectivity index (χ4v) is 3.14. The third kappa shape index (κ3) is 4.86. The van der Waals surface area contributed by atoms with E-state index in [-0.39, 0.29) is 30.0 Å². The highest BCUT2D eigenvalue weighted by atomic mass is 35.5. The molecule has 140 valence electrons. The first-order valence-corrected chi connectivity index (χ1v) is 8.56. The Morgan fingerprint density at radius 2 is 1.96 bits per heavy atom. The topological polar surface area (TPSA) is 74.6 Å². The lowest BCUT2D eigenvalue weighted by Gasteiger charge is -2.32. The van der Waals surface area contributed by atoms with Gasteiger partial charge >= 0.3 is 0 Å². The van der Waals surface area contributed by atoms with Crippen LogP contribution in [0.2, 0.25) is 0 Å². The molecule has 2 heterocycles. The second-order valence-electron chi connectivity index (χ2n) is 6.31. The molecule has 2 N–H and O–H groups in total. The van der Waals surface area contributed by atoms with Crippen molar-refractivity contribution in [1.29, 1.82) is 0 Å². The normalized spacial score (nSPS) is 14.6. The smallest absolute Gasteiger partial charge is 0.291 e. The molecule has 1 fully saturated rings. The molecule has 26 heavy (non-hydrogen) atoms. The van der Waals surface area contributed by atoms with Gasteiger partial charge < -0.3 is 20.0 Å². The van der Waals surface area contributed by atoms with Crippen molar-refractivity contribution in [3.8, 4) is 0 Å². The summed E-state index contributed by atoms with van der Waals surface area (Å²) < 4.78 is 5.08. The second-order valence-corrected chi connectivity index (χ2v) is 6.31. The van der Waals surface area contributed by atoms with Crippen LogP contribution in [-0.4, -0.2) is 43.4 Å². The van der Waals surface area contributed by atoms with Gasteiger partial charge in [0, 0.05) is 24.3 Å². The molecule has 1 aliphatic heterocycles. The lowest BCUT2D eigenvalue weighted by molar-refractivity contribution is 0.0690. The van der Waals surface area contributed by atoms with E-state index in [9.17, 15) is 9.59 Å². The summed E-state index contributed by atoms with van der Waals surface area (Å²) in [7, 11) is 1.96. The number of carbonyl (C=O) groups excluding carboxylic acids is 2. The highest BCUT2D eigenvalue weighted by Gasteiger charge is 2.23. The van der Waals surface area contributed by atoms with Gasteiger partial charge in [0.25, 0.3) is 11.8 Å². The molecular formula is C19H24ClN3O3. The summed E-state index contributed by atoms with van der Waals surface area (Å²) in [6.07, 6.45) is 3.48. The fourth-order valence-electron chi connectivity index (χ4n) is 3.14. The van der Waals surface area contributed by atoms with Crippen LogP contribution in [0, 0.1) is 5.92 Å². The zero-order valence-corrected chi connectivity index (χ0v) is 15.6. The molecule has 2 amide bonds. The average molecular weight is 378 g/mol. The SMILES string of the molecule is CNCC1CCN(C(=O)c2cccc(NC(=O)c3ccco3)c2)CC1.Cl. The molecule has 1 aromatic heterocycles. The van der Waals surface area contributed by atoms with Gasteiger partial charge in [0.15, 0.2) is 5.76 Å². The molecule has 0 radical (unpaired) electrons. The van der Waals surface area contributed by atoms with E-state index in [4.69, 9.17) is 4.42 Å². The van der Waals surface area contributed by atoms with Crippen LogP contribution in [0.1, 0.15) is 33.8 Å².